The quantitative estimate of drug-likeness (QED) is 0.375. The summed E-state index contributed by atoms with van der Waals surface area (Å²) in [5.74, 6) is 0. The molecule has 0 bridgehead atoms. The zero-order chi connectivity index (χ0) is 6.85. The number of rotatable bonds is 0. The van der Waals surface area contributed by atoms with Crippen LogP contribution in [0.1, 0.15) is 0 Å². The van der Waals surface area contributed by atoms with Crippen molar-refractivity contribution in [3.63, 3.8) is 0 Å². The summed E-state index contributed by atoms with van der Waals surface area (Å²) in [5.41, 5.74) is 0. The van der Waals surface area contributed by atoms with E-state index in [4.69, 9.17) is 13.7 Å². The van der Waals surface area contributed by atoms with E-state index in [-0.39, 0.29) is 20.5 Å². The van der Waals surface area contributed by atoms with Crippen LogP contribution in [0.5, 0.6) is 0 Å². The van der Waals surface area contributed by atoms with E-state index >= 15 is 0 Å². The number of hydrogen-bond donors (Lipinski definition) is 0. The minimum Gasteiger partial charge on any atom is -0.445 e. The molecule has 0 aliphatic carbocycles. The van der Waals surface area contributed by atoms with Crippen LogP contribution >= 0.6 is 27.4 Å². The maximum absolute atomic E-state index is 5.02. The maximum Gasteiger partial charge on any atom is 0.452 e. The predicted molar refractivity (Wildman–Crippen MR) is 49.6 cm³/mol. The third kappa shape index (κ3) is 2.84. The highest BCUT2D eigenvalue weighted by atomic mass is 31.0. The van der Waals surface area contributed by atoms with Gasteiger partial charge in [-0.2, -0.15) is 0 Å². The van der Waals surface area contributed by atoms with Crippen molar-refractivity contribution in [2.45, 2.75) is 0 Å². The van der Waals surface area contributed by atoms with E-state index in [1.807, 2.05) is 0 Å². The van der Waals surface area contributed by atoms with Crippen LogP contribution in [0.25, 0.3) is 0 Å². The van der Waals surface area contributed by atoms with Crippen molar-refractivity contribution in [3.05, 3.63) is 0 Å². The predicted octanol–water partition coefficient (Wildman–Crippen LogP) is -0.370. The molecule has 3 nitrogen and oxygen atoms in total. The SMILES string of the molecule is PB1OB(P)OB(P)O1. The third-order valence-corrected chi connectivity index (χ3v) is 1.75. The molecular formula is H6B3O3P3. The van der Waals surface area contributed by atoms with Gasteiger partial charge in [0, 0.05) is 0 Å². The van der Waals surface area contributed by atoms with Gasteiger partial charge in [0.1, 0.15) is 0 Å². The van der Waals surface area contributed by atoms with E-state index in [0.29, 0.717) is 0 Å². The highest BCUT2D eigenvalue weighted by Gasteiger charge is 2.32. The highest BCUT2D eigenvalue weighted by molar-refractivity contribution is 7.68. The minimum atomic E-state index is -0.260. The van der Waals surface area contributed by atoms with Gasteiger partial charge in [0.15, 0.2) is 0 Å². The normalized spacial score (nSPS) is 21.0. The molecule has 0 saturated carbocycles. The van der Waals surface area contributed by atoms with E-state index in [0.717, 1.165) is 0 Å². The molecule has 0 aromatic carbocycles. The molecule has 3 unspecified atom stereocenters. The van der Waals surface area contributed by atoms with Gasteiger partial charge in [-0.25, -0.2) is 0 Å². The van der Waals surface area contributed by atoms with Gasteiger partial charge in [0.25, 0.3) is 0 Å². The summed E-state index contributed by atoms with van der Waals surface area (Å²) < 4.78 is 15.1. The Hall–Kier alpha value is 1.36. The van der Waals surface area contributed by atoms with E-state index in [1.54, 1.807) is 0 Å². The van der Waals surface area contributed by atoms with E-state index in [9.17, 15) is 0 Å². The van der Waals surface area contributed by atoms with Crippen LogP contribution in [0.15, 0.2) is 0 Å². The standard InChI is InChI=1S/B3H6O3P3/c7-1-4-2(8)6-3(9)5-1/h7-9H2. The van der Waals surface area contributed by atoms with Gasteiger partial charge in [-0.1, -0.05) is 0 Å². The first-order chi connectivity index (χ1) is 4.18. The van der Waals surface area contributed by atoms with Crippen LogP contribution in [-0.4, -0.2) is 20.5 Å². The molecule has 9 heteroatoms. The van der Waals surface area contributed by atoms with Gasteiger partial charge < -0.3 is 13.7 Å². The first-order valence-corrected chi connectivity index (χ1v) is 4.41. The number of hydrogen-bond acceptors (Lipinski definition) is 3. The van der Waals surface area contributed by atoms with Gasteiger partial charge in [-0.3, -0.25) is 0 Å². The Balaban J connectivity index is 2.34. The zero-order valence-electron chi connectivity index (χ0n) is 4.69. The van der Waals surface area contributed by atoms with Crippen LogP contribution in [0.2, 0.25) is 0 Å². The Morgan fingerprint density at radius 3 is 1.11 bits per heavy atom. The fraction of sp³-hybridized carbons (Fsp3) is 0. The van der Waals surface area contributed by atoms with Gasteiger partial charge in [-0.15, -0.1) is 27.4 Å². The molecule has 0 N–H and O–H groups in total. The lowest BCUT2D eigenvalue weighted by Gasteiger charge is -2.24. The average Bonchev–Trinajstić information content (AvgIpc) is 1.59. The molecule has 1 rings (SSSR count). The van der Waals surface area contributed by atoms with E-state index in [2.05, 4.69) is 27.4 Å². The van der Waals surface area contributed by atoms with Gasteiger partial charge in [-0.05, 0) is 0 Å². The van der Waals surface area contributed by atoms with Crippen LogP contribution < -0.4 is 0 Å². The lowest BCUT2D eigenvalue weighted by atomic mass is 10.1. The molecule has 0 aromatic rings. The Kier molecular flexibility index (Phi) is 3.45. The third-order valence-electron chi connectivity index (χ3n) is 0.805. The molecule has 48 valence electrons. The molecule has 0 amide bonds. The average molecular weight is 179 g/mol. The summed E-state index contributed by atoms with van der Waals surface area (Å²) in [7, 11) is 7.21. The lowest BCUT2D eigenvalue weighted by Crippen LogP contribution is -2.40. The van der Waals surface area contributed by atoms with Crippen LogP contribution in [0, 0.1) is 0 Å². The molecule has 3 atom stereocenters. The monoisotopic (exact) mass is 180 g/mol. The molecule has 1 aliphatic rings. The van der Waals surface area contributed by atoms with Crippen molar-refractivity contribution < 1.29 is 13.7 Å². The Labute approximate surface area is 62.2 Å². The summed E-state index contributed by atoms with van der Waals surface area (Å²) in [6, 6.07) is 0. The van der Waals surface area contributed by atoms with Crippen LogP contribution in [0.4, 0.5) is 0 Å². The molecule has 0 radical (unpaired) electrons. The fourth-order valence-corrected chi connectivity index (χ4v) is 1.97. The molecule has 1 fully saturated rings. The largest absolute Gasteiger partial charge is 0.452 e. The van der Waals surface area contributed by atoms with Crippen molar-refractivity contribution in [2.75, 3.05) is 0 Å². The molecule has 0 aromatic heterocycles. The van der Waals surface area contributed by atoms with Gasteiger partial charge in [0.05, 0.1) is 0 Å². The van der Waals surface area contributed by atoms with Crippen molar-refractivity contribution >= 4 is 47.9 Å². The van der Waals surface area contributed by atoms with Crippen molar-refractivity contribution in [2.24, 2.45) is 0 Å². The smallest absolute Gasteiger partial charge is 0.445 e. The van der Waals surface area contributed by atoms with Gasteiger partial charge >= 0.3 is 20.5 Å². The second-order valence-corrected chi connectivity index (χ2v) is 3.15. The van der Waals surface area contributed by atoms with E-state index < -0.39 is 0 Å². The summed E-state index contributed by atoms with van der Waals surface area (Å²) in [6.07, 6.45) is 0. The Morgan fingerprint density at radius 1 is 0.667 bits per heavy atom. The molecular weight excluding hydrogens is 173 g/mol. The van der Waals surface area contributed by atoms with Crippen molar-refractivity contribution in [3.8, 4) is 0 Å². The molecule has 9 heavy (non-hydrogen) atoms. The first-order valence-electron chi connectivity index (χ1n) is 2.41. The topological polar surface area (TPSA) is 27.7 Å². The minimum absolute atomic E-state index is 0.260. The van der Waals surface area contributed by atoms with Crippen LogP contribution in [-0.2, 0) is 13.7 Å². The van der Waals surface area contributed by atoms with E-state index in [1.165, 1.54) is 0 Å². The molecule has 1 aliphatic heterocycles. The highest BCUT2D eigenvalue weighted by Crippen LogP contribution is 2.18. The second kappa shape index (κ2) is 3.67. The van der Waals surface area contributed by atoms with Gasteiger partial charge in [0.2, 0.25) is 0 Å². The second-order valence-electron chi connectivity index (χ2n) is 1.51. The molecule has 0 spiro atoms. The summed E-state index contributed by atoms with van der Waals surface area (Å²) in [5, 5.41) is 0. The molecule has 1 heterocycles. The van der Waals surface area contributed by atoms with Crippen molar-refractivity contribution in [1.29, 1.82) is 0 Å². The Bertz CT molecular complexity index is 75.3. The fourth-order valence-electron chi connectivity index (χ4n) is 0.493. The maximum atomic E-state index is 5.02. The zero-order valence-corrected chi connectivity index (χ0v) is 8.15. The summed E-state index contributed by atoms with van der Waals surface area (Å²) in [6.45, 7) is -0.781. The summed E-state index contributed by atoms with van der Waals surface area (Å²) in [4.78, 5) is 0. The van der Waals surface area contributed by atoms with Crippen LogP contribution in [0.3, 0.4) is 0 Å². The first kappa shape index (κ1) is 8.46. The lowest BCUT2D eigenvalue weighted by molar-refractivity contribution is 0.328. The molecule has 1 saturated heterocycles. The Morgan fingerprint density at radius 2 is 0.889 bits per heavy atom. The van der Waals surface area contributed by atoms with Crippen molar-refractivity contribution in [1.82, 2.24) is 0 Å². The summed E-state index contributed by atoms with van der Waals surface area (Å²) >= 11 is 0.